The van der Waals surface area contributed by atoms with Crippen molar-refractivity contribution in [2.24, 2.45) is 0 Å². The predicted octanol–water partition coefficient (Wildman–Crippen LogP) is 14.1. The maximum Gasteiger partial charge on any atom is 0.132 e. The number of ether oxygens (including phenoxy) is 1. The number of fused-ring (bicyclic) bond motifs is 14. The Balaban J connectivity index is 1.03. The molecule has 1 heteroatoms. The molecule has 3 aliphatic carbocycles. The Morgan fingerprint density at radius 2 is 1.02 bits per heavy atom. The first kappa shape index (κ1) is 32.8. The molecule has 1 heterocycles. The van der Waals surface area contributed by atoms with Gasteiger partial charge in [0.1, 0.15) is 11.5 Å². The number of allylic oxidation sites excluding steroid dienone is 3. The van der Waals surface area contributed by atoms with Gasteiger partial charge in [0.25, 0.3) is 0 Å². The molecule has 1 aliphatic heterocycles. The van der Waals surface area contributed by atoms with Crippen LogP contribution in [0.25, 0.3) is 43.8 Å². The van der Waals surface area contributed by atoms with Gasteiger partial charge in [0.15, 0.2) is 0 Å². The Morgan fingerprint density at radius 3 is 1.76 bits per heavy atom. The summed E-state index contributed by atoms with van der Waals surface area (Å²) in [6.07, 6.45) is 5.50. The summed E-state index contributed by atoms with van der Waals surface area (Å²) in [6.45, 7) is 0. The van der Waals surface area contributed by atoms with Crippen LogP contribution in [0.2, 0.25) is 0 Å². The lowest BCUT2D eigenvalue weighted by molar-refractivity contribution is 0.387. The lowest BCUT2D eigenvalue weighted by Crippen LogP contribution is -2.36. The second-order valence-corrected chi connectivity index (χ2v) is 16.6. The molecule has 1 nitrogen and oxygen atoms in total. The van der Waals surface area contributed by atoms with Gasteiger partial charge in [0.2, 0.25) is 0 Å². The molecule has 13 rings (SSSR count). The fourth-order valence-electron chi connectivity index (χ4n) is 11.6. The van der Waals surface area contributed by atoms with E-state index in [9.17, 15) is 0 Å². The fraction of sp³-hybridized carbons (Fsp3) is 0.0690. The lowest BCUT2D eigenvalue weighted by atomic mass is 9.61. The summed E-state index contributed by atoms with van der Waals surface area (Å²) in [7, 11) is 0. The molecule has 9 aromatic carbocycles. The highest BCUT2D eigenvalue weighted by atomic mass is 16.5. The van der Waals surface area contributed by atoms with Crippen LogP contribution in [-0.2, 0) is 10.8 Å². The molecule has 2 atom stereocenters. The zero-order valence-corrected chi connectivity index (χ0v) is 32.4. The minimum Gasteiger partial charge on any atom is -0.457 e. The van der Waals surface area contributed by atoms with Crippen molar-refractivity contribution >= 4 is 21.5 Å². The normalized spacial score (nSPS) is 18.8. The summed E-state index contributed by atoms with van der Waals surface area (Å²) < 4.78 is 7.03. The van der Waals surface area contributed by atoms with Gasteiger partial charge in [0, 0.05) is 11.5 Å². The van der Waals surface area contributed by atoms with E-state index in [4.69, 9.17) is 4.74 Å². The molecule has 2 unspecified atom stereocenters. The van der Waals surface area contributed by atoms with E-state index >= 15 is 0 Å². The first-order valence-corrected chi connectivity index (χ1v) is 20.8. The molecule has 0 aromatic heterocycles. The molecule has 0 saturated carbocycles. The van der Waals surface area contributed by atoms with Gasteiger partial charge < -0.3 is 4.74 Å². The largest absolute Gasteiger partial charge is 0.457 e. The third-order valence-corrected chi connectivity index (χ3v) is 14.0. The van der Waals surface area contributed by atoms with Crippen LogP contribution in [-0.4, -0.2) is 0 Å². The molecular formula is C58H38O. The Kier molecular flexibility index (Phi) is 6.76. The highest BCUT2D eigenvalue weighted by Crippen LogP contribution is 2.64. The van der Waals surface area contributed by atoms with Gasteiger partial charge in [-0.3, -0.25) is 0 Å². The van der Waals surface area contributed by atoms with Crippen molar-refractivity contribution in [3.8, 4) is 28.0 Å². The van der Waals surface area contributed by atoms with Gasteiger partial charge in [-0.1, -0.05) is 188 Å². The predicted molar refractivity (Wildman–Crippen MR) is 241 cm³/mol. The highest BCUT2D eigenvalue weighted by Gasteiger charge is 2.54. The van der Waals surface area contributed by atoms with Crippen LogP contribution >= 0.6 is 0 Å². The molecule has 0 N–H and O–H groups in total. The molecule has 1 spiro atoms. The monoisotopic (exact) mass is 750 g/mol. The van der Waals surface area contributed by atoms with Crippen molar-refractivity contribution < 1.29 is 4.74 Å². The standard InChI is InChI=1S/C58H38O/c1-2-19-42(20-3-1)57(49-26-11-10-25-47(49)48-34-39-16-4-5-17-40(39)35-52(48)57)43-21-14-18-38(33-43)41-30-31-54-53(36-41)58(56-44-22-7-6-15-37(44)29-32-55(56)59-54)50-27-12-8-23-45(50)46-24-9-13-28-51(46)58/h1-35,41H,36H2. The number of hydrogen-bond acceptors (Lipinski definition) is 1. The van der Waals surface area contributed by atoms with Crippen molar-refractivity contribution in [3.05, 3.63) is 268 Å². The summed E-state index contributed by atoms with van der Waals surface area (Å²) >= 11 is 0. The third-order valence-electron chi connectivity index (χ3n) is 14.0. The zero-order chi connectivity index (χ0) is 38.7. The van der Waals surface area contributed by atoms with Crippen molar-refractivity contribution in [2.45, 2.75) is 23.2 Å². The third kappa shape index (κ3) is 4.29. The Bertz CT molecular complexity index is 3250. The van der Waals surface area contributed by atoms with Crippen LogP contribution < -0.4 is 4.74 Å². The minimum absolute atomic E-state index is 0.131. The van der Waals surface area contributed by atoms with E-state index in [2.05, 4.69) is 212 Å². The van der Waals surface area contributed by atoms with Gasteiger partial charge >= 0.3 is 0 Å². The Labute approximate surface area is 344 Å². The van der Waals surface area contributed by atoms with E-state index in [0.29, 0.717) is 0 Å². The van der Waals surface area contributed by atoms with Crippen LogP contribution in [0.3, 0.4) is 0 Å². The summed E-state index contributed by atoms with van der Waals surface area (Å²) in [6, 6.07) is 74.9. The summed E-state index contributed by atoms with van der Waals surface area (Å²) in [5, 5.41) is 5.00. The van der Waals surface area contributed by atoms with Crippen LogP contribution in [0.5, 0.6) is 5.75 Å². The first-order valence-electron chi connectivity index (χ1n) is 20.8. The minimum atomic E-state index is -0.507. The molecule has 0 fully saturated rings. The van der Waals surface area contributed by atoms with Crippen molar-refractivity contribution in [2.75, 3.05) is 0 Å². The Morgan fingerprint density at radius 1 is 0.424 bits per heavy atom. The van der Waals surface area contributed by atoms with Crippen molar-refractivity contribution in [1.82, 2.24) is 0 Å². The first-order chi connectivity index (χ1) is 29.2. The van der Waals surface area contributed by atoms with Crippen LogP contribution in [0.1, 0.15) is 56.8 Å². The molecule has 59 heavy (non-hydrogen) atoms. The van der Waals surface area contributed by atoms with E-state index in [1.807, 2.05) is 0 Å². The second-order valence-electron chi connectivity index (χ2n) is 16.6. The van der Waals surface area contributed by atoms with E-state index in [1.165, 1.54) is 93.9 Å². The molecule has 0 bridgehead atoms. The van der Waals surface area contributed by atoms with Crippen molar-refractivity contribution in [3.63, 3.8) is 0 Å². The van der Waals surface area contributed by atoms with Crippen LogP contribution in [0, 0.1) is 0 Å². The molecular weight excluding hydrogens is 713 g/mol. The maximum atomic E-state index is 7.03. The van der Waals surface area contributed by atoms with E-state index < -0.39 is 10.8 Å². The molecule has 9 aromatic rings. The Hall–Kier alpha value is -7.22. The van der Waals surface area contributed by atoms with Gasteiger partial charge in [0.05, 0.1) is 10.8 Å². The average molecular weight is 751 g/mol. The van der Waals surface area contributed by atoms with Gasteiger partial charge in [-0.25, -0.2) is 0 Å². The number of rotatable bonds is 3. The summed E-state index contributed by atoms with van der Waals surface area (Å²) in [4.78, 5) is 0. The SMILES string of the molecule is C1=CC(c2cccc(C3(c4ccccc4)c4ccccc4-c4cc5ccccc5cc43)c2)CC2=C1Oc1ccc3ccccc3c1C21c2ccccc2-c2ccccc21. The highest BCUT2D eigenvalue weighted by molar-refractivity contribution is 5.98. The van der Waals surface area contributed by atoms with Crippen molar-refractivity contribution in [1.29, 1.82) is 0 Å². The summed E-state index contributed by atoms with van der Waals surface area (Å²) in [5.41, 5.74) is 16.0. The van der Waals surface area contributed by atoms with Crippen LogP contribution in [0.15, 0.2) is 224 Å². The molecule has 276 valence electrons. The van der Waals surface area contributed by atoms with E-state index in [1.54, 1.807) is 0 Å². The van der Waals surface area contributed by atoms with Crippen LogP contribution in [0.4, 0.5) is 0 Å². The van der Waals surface area contributed by atoms with Gasteiger partial charge in [-0.15, -0.1) is 0 Å². The lowest BCUT2D eigenvalue weighted by Gasteiger charge is -2.43. The zero-order valence-electron chi connectivity index (χ0n) is 32.4. The van der Waals surface area contributed by atoms with Gasteiger partial charge in [-0.2, -0.15) is 0 Å². The summed E-state index contributed by atoms with van der Waals surface area (Å²) in [5.74, 6) is 2.04. The molecule has 0 saturated heterocycles. The maximum absolute atomic E-state index is 7.03. The van der Waals surface area contributed by atoms with Gasteiger partial charge in [-0.05, 0) is 119 Å². The van der Waals surface area contributed by atoms with E-state index in [0.717, 1.165) is 17.9 Å². The number of hydrogen-bond donors (Lipinski definition) is 0. The fourth-order valence-corrected chi connectivity index (χ4v) is 11.6. The molecule has 0 amide bonds. The average Bonchev–Trinajstić information content (AvgIpc) is 3.76. The smallest absolute Gasteiger partial charge is 0.132 e. The molecule has 0 radical (unpaired) electrons. The second kappa shape index (κ2) is 12.1. The quantitative estimate of drug-likeness (QED) is 0.175. The molecule has 4 aliphatic rings. The number of benzene rings is 9. The van der Waals surface area contributed by atoms with E-state index in [-0.39, 0.29) is 5.92 Å². The topological polar surface area (TPSA) is 9.23 Å².